The number of halogens is 1. The smallest absolute Gasteiger partial charge is 0.226 e. The Balaban J connectivity index is 0.979. The summed E-state index contributed by atoms with van der Waals surface area (Å²) in [5.74, 6) is 2.23. The number of aliphatic hydroxyl groups excluding tert-OH is 1. The van der Waals surface area contributed by atoms with Gasteiger partial charge in [0.1, 0.15) is 30.7 Å². The highest BCUT2D eigenvalue weighted by atomic mass is 35.5. The summed E-state index contributed by atoms with van der Waals surface area (Å²) < 4.78 is 41.6. The van der Waals surface area contributed by atoms with Crippen molar-refractivity contribution in [2.75, 3.05) is 111 Å². The Morgan fingerprint density at radius 3 is 2.26 bits per heavy atom. The Hall–Kier alpha value is -2.20. The fourth-order valence-corrected chi connectivity index (χ4v) is 5.94. The summed E-state index contributed by atoms with van der Waals surface area (Å²) >= 11 is 6.34. The van der Waals surface area contributed by atoms with Crippen molar-refractivity contribution >= 4 is 28.5 Å². The van der Waals surface area contributed by atoms with Crippen molar-refractivity contribution in [3.8, 4) is 12.3 Å². The van der Waals surface area contributed by atoms with Gasteiger partial charge in [0, 0.05) is 45.8 Å². The van der Waals surface area contributed by atoms with Crippen LogP contribution in [-0.2, 0) is 33.2 Å². The van der Waals surface area contributed by atoms with Crippen LogP contribution >= 0.6 is 11.6 Å². The second-order valence-electron chi connectivity index (χ2n) is 11.7. The topological polar surface area (TPSA) is 147 Å². The second kappa shape index (κ2) is 17.3. The van der Waals surface area contributed by atoms with E-state index in [2.05, 4.69) is 36.1 Å². The van der Waals surface area contributed by atoms with Gasteiger partial charge in [-0.3, -0.25) is 9.80 Å². The maximum Gasteiger partial charge on any atom is 0.226 e. The Labute approximate surface area is 274 Å². The van der Waals surface area contributed by atoms with Crippen molar-refractivity contribution in [2.24, 2.45) is 0 Å². The monoisotopic (exact) mass is 667 g/mol. The predicted octanol–water partition coefficient (Wildman–Crippen LogP) is 0.619. The molecular weight excluding hydrogens is 622 g/mol. The van der Waals surface area contributed by atoms with Gasteiger partial charge in [-0.2, -0.15) is 15.1 Å². The van der Waals surface area contributed by atoms with Gasteiger partial charge in [-0.15, -0.1) is 6.42 Å². The van der Waals surface area contributed by atoms with Crippen LogP contribution in [0.1, 0.15) is 20.1 Å². The lowest BCUT2D eigenvalue weighted by atomic mass is 10.1. The maximum absolute atomic E-state index is 9.86. The molecule has 15 nitrogen and oxygen atoms in total. The molecule has 2 N–H and O–H groups in total. The highest BCUT2D eigenvalue weighted by molar-refractivity contribution is 6.28. The molecule has 46 heavy (non-hydrogen) atoms. The lowest BCUT2D eigenvalue weighted by Gasteiger charge is -2.34. The highest BCUT2D eigenvalue weighted by Crippen LogP contribution is 2.43. The Morgan fingerprint density at radius 1 is 0.957 bits per heavy atom. The van der Waals surface area contributed by atoms with Gasteiger partial charge < -0.3 is 43.6 Å². The molecule has 0 aromatic carbocycles. The van der Waals surface area contributed by atoms with Crippen molar-refractivity contribution in [2.45, 2.75) is 44.2 Å². The van der Waals surface area contributed by atoms with Crippen molar-refractivity contribution in [1.82, 2.24) is 29.5 Å². The van der Waals surface area contributed by atoms with Crippen LogP contribution in [0, 0.1) is 12.3 Å². The number of hydrogen-bond acceptors (Lipinski definition) is 14. The van der Waals surface area contributed by atoms with Gasteiger partial charge >= 0.3 is 0 Å². The number of ether oxygens (including phenoxy) is 7. The number of fused-ring (bicyclic) bond motifs is 2. The molecule has 256 valence electrons. The molecule has 3 fully saturated rings. The molecule has 3 aliphatic heterocycles. The second-order valence-corrected chi connectivity index (χ2v) is 12.0. The highest BCUT2D eigenvalue weighted by Gasteiger charge is 2.56. The van der Waals surface area contributed by atoms with E-state index in [4.69, 9.17) is 51.2 Å². The molecule has 0 aliphatic carbocycles. The first kappa shape index (κ1) is 35.1. The molecule has 2 aromatic rings. The van der Waals surface area contributed by atoms with Gasteiger partial charge in [0.05, 0.1) is 64.4 Å². The SMILES string of the molecule is C#CCOCCOCCOCCOCCN1CCN(CCNc2nc(Cl)nc3c2cnn3[C@@H]2O[C@H](CO)[C@H]3OC(C)(C)O[C@H]32)CC1. The number of aliphatic hydroxyl groups is 1. The zero-order valence-corrected chi connectivity index (χ0v) is 27.4. The average Bonchev–Trinajstić information content (AvgIpc) is 3.70. The normalized spacial score (nSPS) is 24.8. The van der Waals surface area contributed by atoms with Gasteiger partial charge in [0.2, 0.25) is 5.28 Å². The number of aromatic nitrogens is 4. The van der Waals surface area contributed by atoms with Crippen LogP contribution in [0.25, 0.3) is 11.0 Å². The largest absolute Gasteiger partial charge is 0.394 e. The summed E-state index contributed by atoms with van der Waals surface area (Å²) in [6.07, 6.45) is 4.78. The van der Waals surface area contributed by atoms with Crippen LogP contribution in [0.15, 0.2) is 6.20 Å². The standard InChI is InChI=1S/C30H46ClN7O8/c1-4-12-40-14-16-42-18-19-43-17-15-41-13-11-37-9-7-36(8-10-37)6-5-32-26-22-20-33-38(27(22)35-29(31)34-26)28-25-24(23(21-39)44-28)45-30(2,3)46-25/h1,20,23-25,28,39H,5-19,21H2,2-3H3,(H,32,34,35)/t23-,24-,25-,28-/m1/s1. The van der Waals surface area contributed by atoms with E-state index < -0.39 is 30.3 Å². The summed E-state index contributed by atoms with van der Waals surface area (Å²) in [7, 11) is 0. The van der Waals surface area contributed by atoms with Gasteiger partial charge in [0.25, 0.3) is 0 Å². The molecule has 0 unspecified atom stereocenters. The van der Waals surface area contributed by atoms with E-state index in [1.54, 1.807) is 10.9 Å². The third-order valence-electron chi connectivity index (χ3n) is 8.01. The van der Waals surface area contributed by atoms with Gasteiger partial charge in [0.15, 0.2) is 17.7 Å². The molecule has 5 rings (SSSR count). The van der Waals surface area contributed by atoms with E-state index in [1.807, 2.05) is 13.8 Å². The predicted molar refractivity (Wildman–Crippen MR) is 169 cm³/mol. The molecule has 2 aromatic heterocycles. The van der Waals surface area contributed by atoms with Gasteiger partial charge in [-0.25, -0.2) is 4.68 Å². The zero-order valence-electron chi connectivity index (χ0n) is 26.6. The van der Waals surface area contributed by atoms with E-state index in [9.17, 15) is 5.11 Å². The zero-order chi connectivity index (χ0) is 32.4. The molecular formula is C30H46ClN7O8. The molecule has 3 saturated heterocycles. The quantitative estimate of drug-likeness (QED) is 0.123. The molecule has 0 spiro atoms. The van der Waals surface area contributed by atoms with Crippen LogP contribution in [0.3, 0.4) is 0 Å². The molecule has 0 bridgehead atoms. The Kier molecular flexibility index (Phi) is 13.2. The Morgan fingerprint density at radius 2 is 1.59 bits per heavy atom. The third kappa shape index (κ3) is 9.45. The first-order chi connectivity index (χ1) is 22.4. The fraction of sp³-hybridized carbons (Fsp3) is 0.767. The van der Waals surface area contributed by atoms with Gasteiger partial charge in [-0.05, 0) is 25.4 Å². The molecule has 5 heterocycles. The maximum atomic E-state index is 9.86. The third-order valence-corrected chi connectivity index (χ3v) is 8.18. The van der Waals surface area contributed by atoms with Crippen molar-refractivity contribution in [3.63, 3.8) is 0 Å². The number of rotatable bonds is 19. The minimum absolute atomic E-state index is 0.101. The minimum Gasteiger partial charge on any atom is -0.394 e. The first-order valence-electron chi connectivity index (χ1n) is 15.8. The lowest BCUT2D eigenvalue weighted by Crippen LogP contribution is -2.48. The van der Waals surface area contributed by atoms with Gasteiger partial charge in [-0.1, -0.05) is 5.92 Å². The van der Waals surface area contributed by atoms with E-state index in [1.165, 1.54) is 0 Å². The van der Waals surface area contributed by atoms with E-state index in [-0.39, 0.29) is 11.9 Å². The number of anilines is 1. The molecule has 3 aliphatic rings. The van der Waals surface area contributed by atoms with Crippen molar-refractivity contribution in [3.05, 3.63) is 11.5 Å². The van der Waals surface area contributed by atoms with Crippen LogP contribution in [-0.4, -0.2) is 164 Å². The van der Waals surface area contributed by atoms with E-state index in [0.29, 0.717) is 70.9 Å². The number of piperazine rings is 1. The number of nitrogens with one attached hydrogen (secondary N) is 1. The Bertz CT molecular complexity index is 1270. The number of hydrogen-bond donors (Lipinski definition) is 2. The van der Waals surface area contributed by atoms with Crippen molar-refractivity contribution in [1.29, 1.82) is 0 Å². The van der Waals surface area contributed by atoms with Crippen molar-refractivity contribution < 1.29 is 38.3 Å². The van der Waals surface area contributed by atoms with Crippen LogP contribution in [0.5, 0.6) is 0 Å². The minimum atomic E-state index is -0.793. The van der Waals surface area contributed by atoms with E-state index in [0.717, 1.165) is 44.7 Å². The molecule has 4 atom stereocenters. The lowest BCUT2D eigenvalue weighted by molar-refractivity contribution is -0.201. The summed E-state index contributed by atoms with van der Waals surface area (Å²) in [5, 5.41) is 18.7. The van der Waals surface area contributed by atoms with Crippen LogP contribution in [0.4, 0.5) is 5.82 Å². The number of nitrogens with zero attached hydrogens (tertiary/aromatic N) is 6. The summed E-state index contributed by atoms with van der Waals surface area (Å²) in [6, 6.07) is 0. The fourth-order valence-electron chi connectivity index (χ4n) is 5.78. The molecule has 16 heteroatoms. The molecule has 0 radical (unpaired) electrons. The van der Waals surface area contributed by atoms with Crippen LogP contribution in [0.2, 0.25) is 5.28 Å². The first-order valence-corrected chi connectivity index (χ1v) is 16.2. The summed E-state index contributed by atoms with van der Waals surface area (Å²) in [6.45, 7) is 14.0. The van der Waals surface area contributed by atoms with Crippen LogP contribution < -0.4 is 5.32 Å². The summed E-state index contributed by atoms with van der Waals surface area (Å²) in [5.41, 5.74) is 0.521. The average molecular weight is 668 g/mol. The van der Waals surface area contributed by atoms with E-state index >= 15 is 0 Å². The molecule has 0 amide bonds. The number of terminal acetylenes is 1. The molecule has 0 saturated carbocycles. The summed E-state index contributed by atoms with van der Waals surface area (Å²) in [4.78, 5) is 13.7.